The lowest BCUT2D eigenvalue weighted by atomic mass is 10.1. The van der Waals surface area contributed by atoms with Crippen LogP contribution in [0.5, 0.6) is 0 Å². The van der Waals surface area contributed by atoms with Crippen LogP contribution in [0.3, 0.4) is 0 Å². The van der Waals surface area contributed by atoms with Gasteiger partial charge in [-0.05, 0) is 6.42 Å². The fourth-order valence-electron chi connectivity index (χ4n) is 1.61. The van der Waals surface area contributed by atoms with E-state index in [0.717, 1.165) is 31.5 Å². The Hall–Kier alpha value is -1.52. The third-order valence-corrected chi connectivity index (χ3v) is 2.47. The molecule has 0 bridgehead atoms. The zero-order valence-corrected chi connectivity index (χ0v) is 8.73. The van der Waals surface area contributed by atoms with Crippen molar-refractivity contribution in [2.24, 2.45) is 15.2 Å². The van der Waals surface area contributed by atoms with Crippen LogP contribution < -0.4 is 5.32 Å². The molecule has 0 aromatic rings. The number of hydrogen-bond donors (Lipinski definition) is 1. The van der Waals surface area contributed by atoms with E-state index in [4.69, 9.17) is 0 Å². The number of hydrogen-bond acceptors (Lipinski definition) is 4. The molecule has 5 heteroatoms. The first kappa shape index (κ1) is 10.0. The molecule has 1 unspecified atom stereocenters. The average Bonchev–Trinajstić information content (AvgIpc) is 2.66. The van der Waals surface area contributed by atoms with E-state index < -0.39 is 0 Å². The van der Waals surface area contributed by atoms with E-state index in [1.54, 1.807) is 0 Å². The zero-order valence-electron chi connectivity index (χ0n) is 8.73. The number of rotatable bonds is 4. The Labute approximate surface area is 88.4 Å². The van der Waals surface area contributed by atoms with Crippen LogP contribution in [0.4, 0.5) is 0 Å². The number of amides is 1. The molecule has 2 rings (SSSR count). The molecule has 2 aliphatic heterocycles. The minimum atomic E-state index is -0.379. The second-order valence-corrected chi connectivity index (χ2v) is 3.68. The Kier molecular flexibility index (Phi) is 2.89. The monoisotopic (exact) mass is 206 g/mol. The first-order valence-corrected chi connectivity index (χ1v) is 5.29. The molecule has 0 saturated heterocycles. The number of fused-ring (bicyclic) bond motifs is 1. The molecule has 1 atom stereocenters. The van der Waals surface area contributed by atoms with Gasteiger partial charge < -0.3 is 5.32 Å². The summed E-state index contributed by atoms with van der Waals surface area (Å²) >= 11 is 0. The van der Waals surface area contributed by atoms with Crippen LogP contribution in [0.25, 0.3) is 0 Å². The van der Waals surface area contributed by atoms with E-state index in [1.165, 1.54) is 6.20 Å². The van der Waals surface area contributed by atoms with E-state index in [2.05, 4.69) is 27.5 Å². The number of amidine groups is 1. The van der Waals surface area contributed by atoms with Gasteiger partial charge in [0.1, 0.15) is 5.84 Å². The predicted molar refractivity (Wildman–Crippen MR) is 56.4 cm³/mol. The topological polar surface area (TPSA) is 66.2 Å². The highest BCUT2D eigenvalue weighted by molar-refractivity contribution is 6.09. The van der Waals surface area contributed by atoms with E-state index in [-0.39, 0.29) is 12.1 Å². The van der Waals surface area contributed by atoms with Crippen molar-refractivity contribution in [1.29, 1.82) is 0 Å². The van der Waals surface area contributed by atoms with E-state index in [0.29, 0.717) is 5.57 Å². The second-order valence-electron chi connectivity index (χ2n) is 3.68. The van der Waals surface area contributed by atoms with Gasteiger partial charge in [0.25, 0.3) is 5.91 Å². The first-order chi connectivity index (χ1) is 7.31. The largest absolute Gasteiger partial charge is 0.310 e. The maximum absolute atomic E-state index is 11.5. The lowest BCUT2D eigenvalue weighted by Gasteiger charge is -2.17. The van der Waals surface area contributed by atoms with Crippen molar-refractivity contribution >= 4 is 11.7 Å². The quantitative estimate of drug-likeness (QED) is 0.700. The van der Waals surface area contributed by atoms with E-state index >= 15 is 0 Å². The number of nitrogens with one attached hydrogen (secondary N) is 1. The molecule has 1 N–H and O–H groups in total. The molecule has 5 nitrogen and oxygen atoms in total. The normalized spacial score (nSPS) is 23.3. The molecule has 1 amide bonds. The van der Waals surface area contributed by atoms with Crippen molar-refractivity contribution < 1.29 is 4.79 Å². The van der Waals surface area contributed by atoms with Gasteiger partial charge in [0, 0.05) is 6.42 Å². The molecule has 0 saturated carbocycles. The smallest absolute Gasteiger partial charge is 0.258 e. The Balaban J connectivity index is 1.99. The van der Waals surface area contributed by atoms with E-state index in [1.807, 2.05) is 0 Å². The third-order valence-electron chi connectivity index (χ3n) is 2.47. The summed E-state index contributed by atoms with van der Waals surface area (Å²) in [5.74, 6) is 0.642. The summed E-state index contributed by atoms with van der Waals surface area (Å²) in [7, 11) is 0. The van der Waals surface area contributed by atoms with Gasteiger partial charge in [-0.15, -0.1) is 0 Å². The highest BCUT2D eigenvalue weighted by Crippen LogP contribution is 2.20. The van der Waals surface area contributed by atoms with E-state index in [9.17, 15) is 4.79 Å². The molecule has 15 heavy (non-hydrogen) atoms. The van der Waals surface area contributed by atoms with Crippen molar-refractivity contribution in [1.82, 2.24) is 5.32 Å². The molecular weight excluding hydrogens is 192 g/mol. The molecule has 2 aliphatic rings. The maximum Gasteiger partial charge on any atom is 0.258 e. The number of carbonyl (C=O) groups is 1. The van der Waals surface area contributed by atoms with Gasteiger partial charge in [-0.2, -0.15) is 10.2 Å². The van der Waals surface area contributed by atoms with Crippen molar-refractivity contribution in [2.45, 2.75) is 38.8 Å². The highest BCUT2D eigenvalue weighted by Gasteiger charge is 2.28. The Bertz CT molecular complexity index is 356. The maximum atomic E-state index is 11.5. The lowest BCUT2D eigenvalue weighted by molar-refractivity contribution is -0.116. The van der Waals surface area contributed by atoms with Crippen LogP contribution in [0.15, 0.2) is 27.0 Å². The number of azo groups is 1. The second kappa shape index (κ2) is 4.33. The van der Waals surface area contributed by atoms with Crippen molar-refractivity contribution in [3.63, 3.8) is 0 Å². The Morgan fingerprint density at radius 3 is 3.13 bits per heavy atom. The summed E-state index contributed by atoms with van der Waals surface area (Å²) in [5.41, 5.74) is 0.550. The Morgan fingerprint density at radius 2 is 2.33 bits per heavy atom. The number of carbonyl (C=O) groups excluding carboxylic acids is 1. The van der Waals surface area contributed by atoms with Gasteiger partial charge in [-0.3, -0.25) is 4.79 Å². The summed E-state index contributed by atoms with van der Waals surface area (Å²) in [4.78, 5) is 15.9. The molecule has 0 spiro atoms. The standard InChI is InChI=1S/C10H14N4O/c1-2-3-4-5-8-12-9-7(6-11-14-9)10(15)13-8/h6,9H,2-5H2,1H3,(H,12,13,15). The van der Waals surface area contributed by atoms with Crippen molar-refractivity contribution in [2.75, 3.05) is 0 Å². The fourth-order valence-corrected chi connectivity index (χ4v) is 1.61. The van der Waals surface area contributed by atoms with Crippen LogP contribution in [-0.2, 0) is 4.79 Å². The van der Waals surface area contributed by atoms with Crippen LogP contribution in [0.1, 0.15) is 32.6 Å². The van der Waals surface area contributed by atoms with Crippen LogP contribution in [-0.4, -0.2) is 17.9 Å². The van der Waals surface area contributed by atoms with Crippen LogP contribution in [0.2, 0.25) is 0 Å². The van der Waals surface area contributed by atoms with Gasteiger partial charge >= 0.3 is 0 Å². The summed E-state index contributed by atoms with van der Waals surface area (Å²) in [6, 6.07) is 0. The SMILES string of the molecule is CCCCCC1=NC2N=NC=C2C(=O)N1. The molecule has 0 fully saturated rings. The molecular formula is C10H14N4O. The summed E-state index contributed by atoms with van der Waals surface area (Å²) in [5, 5.41) is 10.3. The predicted octanol–water partition coefficient (Wildman–Crippen LogP) is 1.77. The first-order valence-electron chi connectivity index (χ1n) is 5.29. The lowest BCUT2D eigenvalue weighted by Crippen LogP contribution is -2.39. The summed E-state index contributed by atoms with van der Waals surface area (Å²) in [6.07, 6.45) is 5.29. The molecule has 0 aromatic heterocycles. The molecule has 0 radical (unpaired) electrons. The van der Waals surface area contributed by atoms with Crippen molar-refractivity contribution in [3.05, 3.63) is 11.8 Å². The van der Waals surface area contributed by atoms with Gasteiger partial charge in [0.15, 0.2) is 6.17 Å². The number of unbranched alkanes of at least 4 members (excludes halogenated alkanes) is 2. The van der Waals surface area contributed by atoms with Crippen LogP contribution >= 0.6 is 0 Å². The molecule has 2 heterocycles. The van der Waals surface area contributed by atoms with Gasteiger partial charge in [0.2, 0.25) is 0 Å². The minimum absolute atomic E-state index is 0.105. The number of nitrogens with zero attached hydrogens (tertiary/aromatic N) is 3. The average molecular weight is 206 g/mol. The van der Waals surface area contributed by atoms with Gasteiger partial charge in [-0.1, -0.05) is 19.8 Å². The van der Waals surface area contributed by atoms with Gasteiger partial charge in [-0.25, -0.2) is 4.99 Å². The van der Waals surface area contributed by atoms with Crippen LogP contribution in [0, 0.1) is 0 Å². The molecule has 80 valence electrons. The fraction of sp³-hybridized carbons (Fsp3) is 0.600. The molecule has 0 aliphatic carbocycles. The minimum Gasteiger partial charge on any atom is -0.310 e. The highest BCUT2D eigenvalue weighted by atomic mass is 16.2. The summed E-state index contributed by atoms with van der Waals surface area (Å²) < 4.78 is 0. The molecule has 0 aromatic carbocycles. The summed E-state index contributed by atoms with van der Waals surface area (Å²) in [6.45, 7) is 2.15. The third kappa shape index (κ3) is 2.11. The van der Waals surface area contributed by atoms with Gasteiger partial charge in [0.05, 0.1) is 11.8 Å². The number of aliphatic imine (C=N–C) groups is 1. The Morgan fingerprint density at radius 1 is 1.47 bits per heavy atom. The zero-order chi connectivity index (χ0) is 10.7. The van der Waals surface area contributed by atoms with Crippen molar-refractivity contribution in [3.8, 4) is 0 Å².